The van der Waals surface area contributed by atoms with Crippen molar-refractivity contribution in [2.24, 2.45) is 5.92 Å². The third-order valence-corrected chi connectivity index (χ3v) is 15.8. The number of nitrogens with one attached hydrogen (secondary N) is 3. The van der Waals surface area contributed by atoms with Crippen LogP contribution < -0.4 is 24.8 Å². The van der Waals surface area contributed by atoms with Gasteiger partial charge in [-0.2, -0.15) is 13.2 Å². The number of sulfonamides is 1. The van der Waals surface area contributed by atoms with Gasteiger partial charge >= 0.3 is 12.3 Å². The highest BCUT2D eigenvalue weighted by Gasteiger charge is 2.59. The van der Waals surface area contributed by atoms with Gasteiger partial charge in [-0.05, 0) is 96.3 Å². The summed E-state index contributed by atoms with van der Waals surface area (Å²) < 4.78 is 95.6. The summed E-state index contributed by atoms with van der Waals surface area (Å²) in [5.41, 5.74) is -5.30. The second kappa shape index (κ2) is 17.0. The fraction of sp³-hybridized carbons (Fsp3) is 0.622. The number of ether oxygens (including phenoxy) is 4. The Bertz CT molecular complexity index is 2430. The third-order valence-electron chi connectivity index (χ3n) is 13.6. The number of pyridine rings is 1. The molecule has 64 heavy (non-hydrogen) atoms. The van der Waals surface area contributed by atoms with Gasteiger partial charge in [0.15, 0.2) is 17.0 Å². The van der Waals surface area contributed by atoms with E-state index < -0.39 is 90.9 Å². The van der Waals surface area contributed by atoms with Gasteiger partial charge in [-0.15, -0.1) is 0 Å². The van der Waals surface area contributed by atoms with Crippen molar-refractivity contribution in [3.63, 3.8) is 0 Å². The lowest BCUT2D eigenvalue weighted by Crippen LogP contribution is -2.68. The van der Waals surface area contributed by atoms with Crippen LogP contribution >= 0.6 is 0 Å². The van der Waals surface area contributed by atoms with Crippen molar-refractivity contribution in [3.05, 3.63) is 41.6 Å². The van der Waals surface area contributed by atoms with Crippen molar-refractivity contribution in [1.29, 1.82) is 0 Å². The molecule has 3 aliphatic carbocycles. The molecule has 1 saturated heterocycles. The van der Waals surface area contributed by atoms with Crippen LogP contribution in [0.2, 0.25) is 0 Å². The molecule has 3 aliphatic heterocycles. The van der Waals surface area contributed by atoms with Crippen LogP contribution in [-0.2, 0) is 46.5 Å². The Balaban J connectivity index is 1.16. The minimum Gasteiger partial charge on any atom is -0.493 e. The normalized spacial score (nSPS) is 28.2. The molecule has 4 amide bonds. The van der Waals surface area contributed by atoms with Crippen LogP contribution in [0.4, 0.5) is 18.0 Å². The summed E-state index contributed by atoms with van der Waals surface area (Å²) in [6.07, 6.45) is 3.36. The van der Waals surface area contributed by atoms with Gasteiger partial charge in [0.05, 0.1) is 29.3 Å². The third kappa shape index (κ3) is 8.83. The Labute approximate surface area is 370 Å². The van der Waals surface area contributed by atoms with E-state index in [2.05, 4.69) is 32.2 Å². The van der Waals surface area contributed by atoms with Gasteiger partial charge in [-0.3, -0.25) is 14.4 Å². The number of halogens is 3. The topological polar surface area (TPSA) is 192 Å². The number of alkyl halides is 3. The molecular formula is C45H54F3N5O10S. The van der Waals surface area contributed by atoms with Crippen LogP contribution in [0.25, 0.3) is 10.9 Å². The van der Waals surface area contributed by atoms with Crippen molar-refractivity contribution in [2.75, 3.05) is 26.9 Å². The number of aromatic nitrogens is 1. The molecule has 1 aromatic heterocycles. The van der Waals surface area contributed by atoms with E-state index in [1.807, 2.05) is 0 Å². The van der Waals surface area contributed by atoms with E-state index in [0.29, 0.717) is 82.1 Å². The summed E-state index contributed by atoms with van der Waals surface area (Å²) in [6, 6.07) is 1.94. The number of amides is 4. The van der Waals surface area contributed by atoms with Crippen molar-refractivity contribution in [1.82, 2.24) is 25.2 Å². The van der Waals surface area contributed by atoms with E-state index in [-0.39, 0.29) is 43.3 Å². The maximum atomic E-state index is 14.9. The number of fused-ring (bicyclic) bond motifs is 5. The summed E-state index contributed by atoms with van der Waals surface area (Å²) >= 11 is 0. The first kappa shape index (κ1) is 45.5. The van der Waals surface area contributed by atoms with Gasteiger partial charge in [0.2, 0.25) is 21.8 Å². The number of carbonyl (C=O) groups excluding carboxylic acids is 4. The van der Waals surface area contributed by atoms with E-state index in [9.17, 15) is 40.8 Å². The summed E-state index contributed by atoms with van der Waals surface area (Å²) in [5.74, 6) is 1.85. The van der Waals surface area contributed by atoms with Gasteiger partial charge in [-0.25, -0.2) is 22.9 Å². The molecule has 3 N–H and O–H groups in total. The molecule has 0 bridgehead atoms. The highest BCUT2D eigenvalue weighted by molar-refractivity contribution is 7.91. The second-order valence-electron chi connectivity index (χ2n) is 18.5. The lowest BCUT2D eigenvalue weighted by Gasteiger charge is -2.39. The molecule has 1 aromatic carbocycles. The maximum Gasteiger partial charge on any atom is 0.437 e. The second-order valence-corrected chi connectivity index (χ2v) is 20.7. The first-order valence-corrected chi connectivity index (χ1v) is 23.5. The largest absolute Gasteiger partial charge is 0.493 e. The van der Waals surface area contributed by atoms with E-state index in [4.69, 9.17) is 18.9 Å². The van der Waals surface area contributed by atoms with Crippen LogP contribution in [0.15, 0.2) is 30.4 Å². The quantitative estimate of drug-likeness (QED) is 0.158. The number of rotatable bonds is 10. The standard InChI is InChI=1S/C45H54F3N5O10S/c1-41(17-9-18-41)63-40(57)50-33-12-8-6-4-5-7-11-28-15-20-44(28,39(56)52-64(58,59)42(2)21-22-42)51-37(54)34-26-43(27-53(34)38(33)55)19-16-30-31-25-29(61-24-10-23-60-3)13-14-32(31)49-36(35(30)62-43)45(46,47)48/h7,11,13-14,25,28,33-34H,4-6,8-10,12,16-19,21-24,26-27H2,1-3H3,(H,50,57)(H,51,54)(H,52,56). The van der Waals surface area contributed by atoms with Crippen LogP contribution in [0.1, 0.15) is 109 Å². The number of alkyl carbamates (subject to hydrolysis) is 1. The highest BCUT2D eigenvalue weighted by atomic mass is 32.2. The number of hydrogen-bond donors (Lipinski definition) is 3. The monoisotopic (exact) mass is 913 g/mol. The van der Waals surface area contributed by atoms with Crippen LogP contribution in [0, 0.1) is 17.8 Å². The predicted octanol–water partition coefficient (Wildman–Crippen LogP) is 5.38. The first-order chi connectivity index (χ1) is 30.3. The zero-order valence-electron chi connectivity index (χ0n) is 36.2. The van der Waals surface area contributed by atoms with Gasteiger partial charge in [0.25, 0.3) is 5.91 Å². The fourth-order valence-electron chi connectivity index (χ4n) is 9.17. The molecule has 0 radical (unpaired) electrons. The maximum absolute atomic E-state index is 14.9. The molecule has 6 aliphatic rings. The molecule has 2 aromatic rings. The minimum atomic E-state index is -4.96. The average Bonchev–Trinajstić information content (AvgIpc) is 3.89. The Hall–Kier alpha value is -5.09. The van der Waals surface area contributed by atoms with E-state index in [1.54, 1.807) is 38.3 Å². The molecule has 3 fully saturated rings. The predicted molar refractivity (Wildman–Crippen MR) is 225 cm³/mol. The zero-order valence-corrected chi connectivity index (χ0v) is 37.0. The van der Waals surface area contributed by atoms with Crippen LogP contribution in [0.3, 0.4) is 0 Å². The van der Waals surface area contributed by atoms with Crippen molar-refractivity contribution in [3.8, 4) is 23.3 Å². The van der Waals surface area contributed by atoms with E-state index >= 15 is 0 Å². The molecule has 8 rings (SSSR count). The lowest BCUT2D eigenvalue weighted by molar-refractivity contribution is -0.144. The molecule has 15 nitrogen and oxygen atoms in total. The number of aryl methyl sites for hydroxylation is 1. The number of hydrogen-bond acceptors (Lipinski definition) is 11. The van der Waals surface area contributed by atoms with Crippen molar-refractivity contribution in [2.45, 2.75) is 143 Å². The Kier molecular flexibility index (Phi) is 12.1. The van der Waals surface area contributed by atoms with Gasteiger partial charge < -0.3 is 34.5 Å². The van der Waals surface area contributed by atoms with Crippen LogP contribution in [-0.4, -0.2) is 103 Å². The molecule has 2 saturated carbocycles. The van der Waals surface area contributed by atoms with E-state index in [1.165, 1.54) is 17.9 Å². The molecule has 4 heterocycles. The molecule has 5 unspecified atom stereocenters. The van der Waals surface area contributed by atoms with E-state index in [0.717, 1.165) is 6.42 Å². The van der Waals surface area contributed by atoms with Crippen molar-refractivity contribution < 1.29 is 59.7 Å². The molecule has 5 atom stereocenters. The Morgan fingerprint density at radius 3 is 2.52 bits per heavy atom. The zero-order chi connectivity index (χ0) is 45.7. The SMILES string of the molecule is COCCCOc1ccc2nc(C(F)(F)F)c3c(c2c1)CCC1(CC2C(=O)NC4(C(=O)NS(=O)(=O)C5(C)CC5)C#CC4C=CCCCCCC(NC(=O)OC4(C)CCC4)C(=O)N2C1)O3. The first-order valence-electron chi connectivity index (χ1n) is 22.0. The van der Waals surface area contributed by atoms with Gasteiger partial charge in [0, 0.05) is 37.5 Å². The Morgan fingerprint density at radius 1 is 1.06 bits per heavy atom. The number of carbonyl (C=O) groups is 4. The smallest absolute Gasteiger partial charge is 0.437 e. The van der Waals surface area contributed by atoms with Gasteiger partial charge in [-0.1, -0.05) is 36.8 Å². The van der Waals surface area contributed by atoms with Gasteiger partial charge in [0.1, 0.15) is 29.0 Å². The molecule has 1 spiro atoms. The fourth-order valence-corrected chi connectivity index (χ4v) is 10.5. The number of benzene rings is 1. The minimum absolute atomic E-state index is 0.0365. The summed E-state index contributed by atoms with van der Waals surface area (Å²) in [7, 11) is -2.62. The number of methoxy groups -OCH3 is 1. The summed E-state index contributed by atoms with van der Waals surface area (Å²) in [6.45, 7) is 3.70. The van der Waals surface area contributed by atoms with Crippen LogP contribution in [0.5, 0.6) is 11.5 Å². The van der Waals surface area contributed by atoms with Crippen molar-refractivity contribution >= 4 is 44.7 Å². The highest BCUT2D eigenvalue weighted by Crippen LogP contribution is 2.49. The number of nitrogens with zero attached hydrogens (tertiary/aromatic N) is 2. The summed E-state index contributed by atoms with van der Waals surface area (Å²) in [5, 5.41) is 5.81. The lowest BCUT2D eigenvalue weighted by atomic mass is 9.75. The average molecular weight is 914 g/mol. The Morgan fingerprint density at radius 2 is 1.84 bits per heavy atom. The molecule has 19 heteroatoms. The summed E-state index contributed by atoms with van der Waals surface area (Å²) in [4.78, 5) is 62.5. The molecular weight excluding hydrogens is 860 g/mol. The number of allylic oxidation sites excluding steroid dienone is 1. The molecule has 346 valence electrons.